The zero-order valence-electron chi connectivity index (χ0n) is 47.5. The van der Waals surface area contributed by atoms with Crippen LogP contribution in [0.15, 0.2) is 48.6 Å². The first-order valence-electron chi connectivity index (χ1n) is 30.0. The van der Waals surface area contributed by atoms with Crippen molar-refractivity contribution in [2.45, 2.75) is 290 Å². The predicted octanol–water partition coefficient (Wildman–Crippen LogP) is 18.1. The lowest BCUT2D eigenvalue weighted by atomic mass is 10.0. The number of unbranched alkanes of at least 4 members (excludes halogenated alkanes) is 32. The van der Waals surface area contributed by atoms with E-state index in [2.05, 4.69) is 62.5 Å². The lowest BCUT2D eigenvalue weighted by Crippen LogP contribution is -2.47. The number of quaternary nitrogens is 1. The fraction of sp³-hybridized carbons (Fsp3) is 0.836. The van der Waals surface area contributed by atoms with Gasteiger partial charge in [-0.1, -0.05) is 243 Å². The molecule has 0 aromatic carbocycles. The van der Waals surface area contributed by atoms with E-state index in [1.54, 1.807) is 0 Å². The van der Waals surface area contributed by atoms with E-state index in [-0.39, 0.29) is 25.1 Å². The zero-order chi connectivity index (χ0) is 52.2. The van der Waals surface area contributed by atoms with Crippen molar-refractivity contribution in [2.75, 3.05) is 40.9 Å². The molecule has 0 aliphatic heterocycles. The van der Waals surface area contributed by atoms with Gasteiger partial charge < -0.3 is 19.4 Å². The number of hydrogen-bond donors (Lipinski definition) is 2. The molecule has 3 unspecified atom stereocenters. The van der Waals surface area contributed by atoms with E-state index >= 15 is 0 Å². The summed E-state index contributed by atoms with van der Waals surface area (Å²) < 4.78 is 30.6. The van der Waals surface area contributed by atoms with Gasteiger partial charge in [0.15, 0.2) is 0 Å². The smallest absolute Gasteiger partial charge is 0.456 e. The highest BCUT2D eigenvalue weighted by atomic mass is 31.2. The molecule has 0 heterocycles. The maximum Gasteiger partial charge on any atom is 0.472 e. The topological polar surface area (TPSA) is 111 Å². The Morgan fingerprint density at radius 2 is 0.859 bits per heavy atom. The highest BCUT2D eigenvalue weighted by Crippen LogP contribution is 2.43. The Labute approximate surface area is 439 Å². The highest BCUT2D eigenvalue weighted by molar-refractivity contribution is 7.47. The Bertz CT molecular complexity index is 1360. The van der Waals surface area contributed by atoms with E-state index in [4.69, 9.17) is 13.8 Å². The first kappa shape index (κ1) is 69.0. The van der Waals surface area contributed by atoms with Crippen molar-refractivity contribution >= 4 is 19.7 Å². The van der Waals surface area contributed by atoms with Crippen LogP contribution in [0.3, 0.4) is 0 Å². The van der Waals surface area contributed by atoms with Gasteiger partial charge in [-0.3, -0.25) is 18.6 Å². The molecule has 0 aliphatic rings. The van der Waals surface area contributed by atoms with E-state index in [0.717, 1.165) is 83.5 Å². The predicted molar refractivity (Wildman–Crippen MR) is 305 cm³/mol. The largest absolute Gasteiger partial charge is 0.472 e. The third-order valence-electron chi connectivity index (χ3n) is 13.3. The second-order valence-corrected chi connectivity index (χ2v) is 23.0. The van der Waals surface area contributed by atoms with Crippen LogP contribution in [0.4, 0.5) is 0 Å². The Morgan fingerprint density at radius 3 is 1.31 bits per heavy atom. The lowest BCUT2D eigenvalue weighted by molar-refractivity contribution is -0.870. The molecule has 71 heavy (non-hydrogen) atoms. The second kappa shape index (κ2) is 51.5. The van der Waals surface area contributed by atoms with Crippen LogP contribution in [-0.4, -0.2) is 74.3 Å². The van der Waals surface area contributed by atoms with Crippen molar-refractivity contribution < 1.29 is 37.3 Å². The summed E-state index contributed by atoms with van der Waals surface area (Å²) in [6.45, 7) is 6.99. The number of nitrogens with zero attached hydrogens (tertiary/aromatic N) is 1. The summed E-state index contributed by atoms with van der Waals surface area (Å²) >= 11 is 0. The average molecular weight is 1020 g/mol. The quantitative estimate of drug-likeness (QED) is 0.0205. The van der Waals surface area contributed by atoms with Crippen molar-refractivity contribution in [1.82, 2.24) is 5.32 Å². The van der Waals surface area contributed by atoms with Gasteiger partial charge >= 0.3 is 13.8 Å². The van der Waals surface area contributed by atoms with Crippen LogP contribution in [0.2, 0.25) is 0 Å². The molecule has 10 heteroatoms. The number of rotatable bonds is 54. The van der Waals surface area contributed by atoms with Crippen LogP contribution in [0.5, 0.6) is 0 Å². The monoisotopic (exact) mass is 1020 g/mol. The third-order valence-corrected chi connectivity index (χ3v) is 14.3. The molecule has 9 nitrogen and oxygen atoms in total. The Kier molecular flexibility index (Phi) is 50.0. The number of hydrogen-bond acceptors (Lipinski definition) is 6. The summed E-state index contributed by atoms with van der Waals surface area (Å²) in [7, 11) is 1.49. The normalized spacial score (nSPS) is 14.1. The first-order chi connectivity index (χ1) is 34.4. The van der Waals surface area contributed by atoms with Crippen molar-refractivity contribution in [3.8, 4) is 0 Å². The number of esters is 1. The number of allylic oxidation sites excluding steroid dienone is 7. The molecule has 0 rings (SSSR count). The SMILES string of the molecule is CCCCC/C=C\C/C=C\C/C=C\CCCCCCCCC(=O)NC(COP(=O)(O)OCC[N+](C)(C)C)C(/C=C\CCCCCCCCCCCC)OC(=O)CCCCCCCCCCCCCCCC. The average Bonchev–Trinajstić information content (AvgIpc) is 3.33. The number of ether oxygens (including phenoxy) is 1. The molecular formula is C61H116N2O7P+. The summed E-state index contributed by atoms with van der Waals surface area (Å²) in [6, 6.07) is -0.852. The molecule has 0 aromatic rings. The number of likely N-dealkylation sites (N-methyl/N-ethyl adjacent to an activating group) is 1. The van der Waals surface area contributed by atoms with Crippen molar-refractivity contribution in [1.29, 1.82) is 0 Å². The van der Waals surface area contributed by atoms with Gasteiger partial charge in [-0.2, -0.15) is 0 Å². The molecule has 0 saturated carbocycles. The van der Waals surface area contributed by atoms with Crippen LogP contribution in [0.25, 0.3) is 0 Å². The maximum atomic E-state index is 13.5. The molecular weight excluding hydrogens is 904 g/mol. The van der Waals surface area contributed by atoms with Gasteiger partial charge in [0.2, 0.25) is 5.91 Å². The van der Waals surface area contributed by atoms with Gasteiger partial charge in [0, 0.05) is 12.8 Å². The van der Waals surface area contributed by atoms with Gasteiger partial charge in [0.05, 0.1) is 33.8 Å². The Balaban J connectivity index is 5.30. The number of phosphoric ester groups is 1. The van der Waals surface area contributed by atoms with Gasteiger partial charge in [-0.15, -0.1) is 0 Å². The fourth-order valence-electron chi connectivity index (χ4n) is 8.59. The summed E-state index contributed by atoms with van der Waals surface area (Å²) in [5.74, 6) is -0.512. The molecule has 0 bridgehead atoms. The minimum atomic E-state index is -4.45. The molecule has 0 radical (unpaired) electrons. The van der Waals surface area contributed by atoms with Gasteiger partial charge in [0.1, 0.15) is 19.3 Å². The first-order valence-corrected chi connectivity index (χ1v) is 31.5. The number of phosphoric acid groups is 1. The van der Waals surface area contributed by atoms with E-state index in [1.165, 1.54) is 161 Å². The summed E-state index contributed by atoms with van der Waals surface area (Å²) in [5.41, 5.74) is 0. The van der Waals surface area contributed by atoms with Gasteiger partial charge in [0.25, 0.3) is 0 Å². The second-order valence-electron chi connectivity index (χ2n) is 21.5. The number of carbonyl (C=O) groups excluding carboxylic acids is 2. The Morgan fingerprint density at radius 1 is 0.493 bits per heavy atom. The molecule has 1 amide bonds. The van der Waals surface area contributed by atoms with E-state index in [0.29, 0.717) is 23.9 Å². The standard InChI is InChI=1S/C61H115N2O7P/c1-7-10-13-16-19-22-25-28-30-31-32-33-34-35-38-41-44-47-50-53-60(64)62-58(57-69-71(66,67)68-56-55-63(4,5)6)59(52-49-46-43-40-37-27-24-21-18-15-12-9-3)70-61(65)54-51-48-45-42-39-36-29-26-23-20-17-14-11-8-2/h19,22,28,30,32-33,49,52,58-59H,7-18,20-21,23-27,29,31,34-48,50-51,53-57H2,1-6H3,(H-,62,64,66,67)/p+1/b22-19-,30-28-,33-32-,52-49-. The van der Waals surface area contributed by atoms with Crippen LogP contribution >= 0.6 is 7.82 Å². The molecule has 416 valence electrons. The van der Waals surface area contributed by atoms with Crippen LogP contribution < -0.4 is 5.32 Å². The summed E-state index contributed by atoms with van der Waals surface area (Å²) in [6.07, 6.45) is 62.4. The Hall–Kier alpha value is -2.03. The molecule has 0 aliphatic carbocycles. The zero-order valence-corrected chi connectivity index (χ0v) is 48.4. The number of amides is 1. The molecule has 2 N–H and O–H groups in total. The highest BCUT2D eigenvalue weighted by Gasteiger charge is 2.30. The molecule has 0 fully saturated rings. The van der Waals surface area contributed by atoms with Gasteiger partial charge in [-0.25, -0.2) is 4.57 Å². The maximum absolute atomic E-state index is 13.5. The summed E-state index contributed by atoms with van der Waals surface area (Å²) in [4.78, 5) is 37.6. The van der Waals surface area contributed by atoms with Crippen LogP contribution in [0.1, 0.15) is 278 Å². The van der Waals surface area contributed by atoms with Crippen LogP contribution in [0, 0.1) is 0 Å². The van der Waals surface area contributed by atoms with E-state index < -0.39 is 20.0 Å². The lowest BCUT2D eigenvalue weighted by Gasteiger charge is -2.27. The molecule has 3 atom stereocenters. The molecule has 0 saturated heterocycles. The number of nitrogens with one attached hydrogen (secondary N) is 1. The minimum Gasteiger partial charge on any atom is -0.456 e. The number of carbonyl (C=O) groups is 2. The van der Waals surface area contributed by atoms with E-state index in [1.807, 2.05) is 33.3 Å². The van der Waals surface area contributed by atoms with Gasteiger partial charge in [-0.05, 0) is 70.3 Å². The van der Waals surface area contributed by atoms with E-state index in [9.17, 15) is 19.0 Å². The fourth-order valence-corrected chi connectivity index (χ4v) is 9.33. The van der Waals surface area contributed by atoms with Crippen molar-refractivity contribution in [3.63, 3.8) is 0 Å². The molecule has 0 spiro atoms. The minimum absolute atomic E-state index is 0.0382. The van der Waals surface area contributed by atoms with Crippen molar-refractivity contribution in [2.24, 2.45) is 0 Å². The summed E-state index contributed by atoms with van der Waals surface area (Å²) in [5, 5.41) is 3.05. The molecule has 0 aromatic heterocycles. The third kappa shape index (κ3) is 52.6. The van der Waals surface area contributed by atoms with Crippen LogP contribution in [-0.2, 0) is 27.9 Å². The van der Waals surface area contributed by atoms with Crippen molar-refractivity contribution in [3.05, 3.63) is 48.6 Å².